The summed E-state index contributed by atoms with van der Waals surface area (Å²) >= 11 is 3.43. The number of rotatable bonds is 4. The highest BCUT2D eigenvalue weighted by Gasteiger charge is 2.12. The number of nitrogens with one attached hydrogen (secondary N) is 1. The lowest BCUT2D eigenvalue weighted by Gasteiger charge is -2.21. The SMILES string of the molecule is N#Cc1cc(Br)cc(NCCC2CCCCC2)c1. The second kappa shape index (κ2) is 6.80. The number of hydrogen-bond acceptors (Lipinski definition) is 2. The molecule has 18 heavy (non-hydrogen) atoms. The summed E-state index contributed by atoms with van der Waals surface area (Å²) < 4.78 is 0.960. The summed E-state index contributed by atoms with van der Waals surface area (Å²) in [6.07, 6.45) is 8.25. The van der Waals surface area contributed by atoms with Gasteiger partial charge in [-0.05, 0) is 30.5 Å². The topological polar surface area (TPSA) is 35.8 Å². The third kappa shape index (κ3) is 4.03. The van der Waals surface area contributed by atoms with E-state index >= 15 is 0 Å². The highest BCUT2D eigenvalue weighted by atomic mass is 79.9. The van der Waals surface area contributed by atoms with Crippen molar-refractivity contribution in [2.75, 3.05) is 11.9 Å². The van der Waals surface area contributed by atoms with Crippen molar-refractivity contribution in [3.05, 3.63) is 28.2 Å². The van der Waals surface area contributed by atoms with Crippen LogP contribution in [0, 0.1) is 17.2 Å². The molecule has 1 aromatic carbocycles. The average Bonchev–Trinajstić information content (AvgIpc) is 2.39. The predicted octanol–water partition coefficient (Wildman–Crippen LogP) is 4.70. The molecular formula is C15H19BrN2. The van der Waals surface area contributed by atoms with Crippen molar-refractivity contribution in [1.29, 1.82) is 5.26 Å². The minimum absolute atomic E-state index is 0.699. The van der Waals surface area contributed by atoms with Gasteiger partial charge in [-0.3, -0.25) is 0 Å². The first-order valence-electron chi connectivity index (χ1n) is 6.72. The molecule has 0 atom stereocenters. The van der Waals surface area contributed by atoms with Gasteiger partial charge < -0.3 is 5.32 Å². The van der Waals surface area contributed by atoms with Crippen LogP contribution in [0.3, 0.4) is 0 Å². The Balaban J connectivity index is 1.82. The lowest BCUT2D eigenvalue weighted by Crippen LogP contribution is -2.12. The van der Waals surface area contributed by atoms with Gasteiger partial charge in [-0.1, -0.05) is 48.0 Å². The number of hydrogen-bond donors (Lipinski definition) is 1. The second-order valence-electron chi connectivity index (χ2n) is 5.06. The van der Waals surface area contributed by atoms with Crippen molar-refractivity contribution in [3.63, 3.8) is 0 Å². The van der Waals surface area contributed by atoms with E-state index in [1.807, 2.05) is 18.2 Å². The van der Waals surface area contributed by atoms with Crippen molar-refractivity contribution < 1.29 is 0 Å². The Morgan fingerprint density at radius 3 is 2.72 bits per heavy atom. The molecule has 0 heterocycles. The van der Waals surface area contributed by atoms with E-state index in [2.05, 4.69) is 27.3 Å². The molecule has 1 aliphatic rings. The standard InChI is InChI=1S/C15H19BrN2/c16-14-8-13(11-17)9-15(10-14)18-7-6-12-4-2-1-3-5-12/h8-10,12,18H,1-7H2. The Bertz CT molecular complexity index is 431. The lowest BCUT2D eigenvalue weighted by atomic mass is 9.87. The Hall–Kier alpha value is -1.01. The quantitative estimate of drug-likeness (QED) is 0.875. The first kappa shape index (κ1) is 13.4. The summed E-state index contributed by atoms with van der Waals surface area (Å²) in [4.78, 5) is 0. The molecule has 0 aromatic heterocycles. The van der Waals surface area contributed by atoms with Gasteiger partial charge in [0.05, 0.1) is 11.6 Å². The molecule has 3 heteroatoms. The number of halogens is 1. The predicted molar refractivity (Wildman–Crippen MR) is 78.5 cm³/mol. The third-order valence-corrected chi connectivity index (χ3v) is 4.09. The van der Waals surface area contributed by atoms with Gasteiger partial charge >= 0.3 is 0 Å². The van der Waals surface area contributed by atoms with E-state index in [1.54, 1.807) is 0 Å². The normalized spacial score (nSPS) is 16.2. The van der Waals surface area contributed by atoms with Crippen molar-refractivity contribution in [2.45, 2.75) is 38.5 Å². The largest absolute Gasteiger partial charge is 0.385 e. The van der Waals surface area contributed by atoms with Crippen LogP contribution in [0.15, 0.2) is 22.7 Å². The maximum Gasteiger partial charge on any atom is 0.0992 e. The summed E-state index contributed by atoms with van der Waals surface area (Å²) in [6.45, 7) is 1.01. The van der Waals surface area contributed by atoms with E-state index in [0.29, 0.717) is 5.56 Å². The first-order chi connectivity index (χ1) is 8.78. The minimum atomic E-state index is 0.699. The van der Waals surface area contributed by atoms with E-state index in [9.17, 15) is 0 Å². The molecule has 1 aliphatic carbocycles. The Morgan fingerprint density at radius 2 is 2.00 bits per heavy atom. The lowest BCUT2D eigenvalue weighted by molar-refractivity contribution is 0.345. The Labute approximate surface area is 118 Å². The van der Waals surface area contributed by atoms with Crippen LogP contribution in [0.1, 0.15) is 44.1 Å². The zero-order chi connectivity index (χ0) is 12.8. The van der Waals surface area contributed by atoms with Crippen LogP contribution in [0.5, 0.6) is 0 Å². The molecule has 0 unspecified atom stereocenters. The zero-order valence-corrected chi connectivity index (χ0v) is 12.2. The highest BCUT2D eigenvalue weighted by Crippen LogP contribution is 2.26. The van der Waals surface area contributed by atoms with Gasteiger partial charge in [0.1, 0.15) is 0 Å². The molecule has 2 nitrogen and oxygen atoms in total. The van der Waals surface area contributed by atoms with Crippen molar-refractivity contribution in [3.8, 4) is 6.07 Å². The van der Waals surface area contributed by atoms with Crippen LogP contribution in [-0.2, 0) is 0 Å². The molecule has 0 spiro atoms. The molecule has 1 saturated carbocycles. The fourth-order valence-corrected chi connectivity index (χ4v) is 3.15. The van der Waals surface area contributed by atoms with Gasteiger partial charge in [0, 0.05) is 16.7 Å². The van der Waals surface area contributed by atoms with Gasteiger partial charge in [0.25, 0.3) is 0 Å². The first-order valence-corrected chi connectivity index (χ1v) is 7.52. The average molecular weight is 307 g/mol. The smallest absolute Gasteiger partial charge is 0.0992 e. The molecule has 0 bridgehead atoms. The van der Waals surface area contributed by atoms with Gasteiger partial charge in [-0.25, -0.2) is 0 Å². The van der Waals surface area contributed by atoms with Gasteiger partial charge in [-0.2, -0.15) is 5.26 Å². The monoisotopic (exact) mass is 306 g/mol. The number of benzene rings is 1. The molecule has 1 N–H and O–H groups in total. The van der Waals surface area contributed by atoms with E-state index in [4.69, 9.17) is 5.26 Å². The molecule has 96 valence electrons. The Morgan fingerprint density at radius 1 is 1.22 bits per heavy atom. The molecule has 0 radical (unpaired) electrons. The van der Waals surface area contributed by atoms with Gasteiger partial charge in [0.2, 0.25) is 0 Å². The van der Waals surface area contributed by atoms with Crippen LogP contribution in [0.4, 0.5) is 5.69 Å². The van der Waals surface area contributed by atoms with Crippen LogP contribution >= 0.6 is 15.9 Å². The van der Waals surface area contributed by atoms with Crippen molar-refractivity contribution in [2.24, 2.45) is 5.92 Å². The van der Waals surface area contributed by atoms with Crippen molar-refractivity contribution in [1.82, 2.24) is 0 Å². The molecular weight excluding hydrogens is 288 g/mol. The molecule has 0 aliphatic heterocycles. The summed E-state index contributed by atoms with van der Waals surface area (Å²) in [5, 5.41) is 12.3. The van der Waals surface area contributed by atoms with E-state index in [-0.39, 0.29) is 0 Å². The summed E-state index contributed by atoms with van der Waals surface area (Å²) in [6, 6.07) is 7.96. The van der Waals surface area contributed by atoms with Crippen LogP contribution in [0.2, 0.25) is 0 Å². The fraction of sp³-hybridized carbons (Fsp3) is 0.533. The third-order valence-electron chi connectivity index (χ3n) is 3.63. The maximum atomic E-state index is 8.92. The molecule has 1 fully saturated rings. The van der Waals surface area contributed by atoms with E-state index in [1.165, 1.54) is 38.5 Å². The molecule has 2 rings (SSSR count). The van der Waals surface area contributed by atoms with Crippen molar-refractivity contribution >= 4 is 21.6 Å². The van der Waals surface area contributed by atoms with E-state index in [0.717, 1.165) is 22.6 Å². The van der Waals surface area contributed by atoms with Gasteiger partial charge in [-0.15, -0.1) is 0 Å². The van der Waals surface area contributed by atoms with Crippen LogP contribution in [0.25, 0.3) is 0 Å². The van der Waals surface area contributed by atoms with Gasteiger partial charge in [0.15, 0.2) is 0 Å². The molecule has 0 saturated heterocycles. The molecule has 0 amide bonds. The zero-order valence-electron chi connectivity index (χ0n) is 10.6. The number of nitriles is 1. The summed E-state index contributed by atoms with van der Waals surface area (Å²) in [5.74, 6) is 0.897. The number of anilines is 1. The molecule has 1 aromatic rings. The minimum Gasteiger partial charge on any atom is -0.385 e. The Kier molecular flexibility index (Phi) is 5.07. The number of nitrogens with zero attached hydrogens (tertiary/aromatic N) is 1. The maximum absolute atomic E-state index is 8.92. The van der Waals surface area contributed by atoms with Crippen LogP contribution in [-0.4, -0.2) is 6.54 Å². The summed E-state index contributed by atoms with van der Waals surface area (Å²) in [7, 11) is 0. The highest BCUT2D eigenvalue weighted by molar-refractivity contribution is 9.10. The van der Waals surface area contributed by atoms with E-state index < -0.39 is 0 Å². The van der Waals surface area contributed by atoms with Crippen LogP contribution < -0.4 is 5.32 Å². The fourth-order valence-electron chi connectivity index (χ4n) is 2.65. The summed E-state index contributed by atoms with van der Waals surface area (Å²) in [5.41, 5.74) is 1.74. The second-order valence-corrected chi connectivity index (χ2v) is 5.98.